The van der Waals surface area contributed by atoms with E-state index in [0.717, 1.165) is 30.8 Å². The van der Waals surface area contributed by atoms with Gasteiger partial charge in [0.05, 0.1) is 0 Å². The molecule has 0 aromatic heterocycles. The maximum absolute atomic E-state index is 5.84. The Morgan fingerprint density at radius 1 is 0.593 bits per heavy atom. The van der Waals surface area contributed by atoms with E-state index in [4.69, 9.17) is 18.9 Å². The molecule has 0 amide bonds. The zero-order chi connectivity index (χ0) is 19.5. The van der Waals surface area contributed by atoms with E-state index in [1.165, 1.54) is 11.1 Å². The highest BCUT2D eigenvalue weighted by Gasteiger charge is 2.08. The van der Waals surface area contributed by atoms with Crippen LogP contribution >= 0.6 is 0 Å². The largest absolute Gasteiger partial charge is 0.465 e. The van der Waals surface area contributed by atoms with Gasteiger partial charge in [-0.3, -0.25) is 0 Å². The Labute approximate surface area is 163 Å². The summed E-state index contributed by atoms with van der Waals surface area (Å²) in [6.07, 6.45) is 2.15. The Morgan fingerprint density at radius 3 is 1.26 bits per heavy atom. The smallest absolute Gasteiger partial charge is 0.199 e. The van der Waals surface area contributed by atoms with Gasteiger partial charge < -0.3 is 18.9 Å². The summed E-state index contributed by atoms with van der Waals surface area (Å²) in [5.74, 6) is 1.67. The lowest BCUT2D eigenvalue weighted by atomic mass is 10.0. The molecule has 0 aliphatic heterocycles. The third kappa shape index (κ3) is 7.24. The molecule has 0 saturated carbocycles. The van der Waals surface area contributed by atoms with Gasteiger partial charge in [-0.05, 0) is 55.7 Å². The molecule has 2 rings (SSSR count). The fourth-order valence-corrected chi connectivity index (χ4v) is 2.75. The van der Waals surface area contributed by atoms with Gasteiger partial charge >= 0.3 is 0 Å². The molecule has 0 heterocycles. The molecule has 0 fully saturated rings. The lowest BCUT2D eigenvalue weighted by molar-refractivity contribution is -0.0769. The Morgan fingerprint density at radius 2 is 0.963 bits per heavy atom. The van der Waals surface area contributed by atoms with Crippen molar-refractivity contribution < 1.29 is 18.9 Å². The minimum Gasteiger partial charge on any atom is -0.465 e. The minimum absolute atomic E-state index is 0.183. The predicted molar refractivity (Wildman–Crippen MR) is 108 cm³/mol. The molecule has 0 spiro atoms. The Kier molecular flexibility index (Phi) is 9.16. The highest BCUT2D eigenvalue weighted by molar-refractivity contribution is 5.34. The van der Waals surface area contributed by atoms with Gasteiger partial charge in [0.15, 0.2) is 12.6 Å². The van der Waals surface area contributed by atoms with E-state index in [1.807, 2.05) is 38.1 Å². The van der Waals surface area contributed by atoms with Crippen molar-refractivity contribution in [2.24, 2.45) is 0 Å². The zero-order valence-electron chi connectivity index (χ0n) is 16.9. The van der Waals surface area contributed by atoms with E-state index in [9.17, 15) is 0 Å². The average Bonchev–Trinajstić information content (AvgIpc) is 2.70. The van der Waals surface area contributed by atoms with Gasteiger partial charge in [-0.15, -0.1) is 0 Å². The number of hydrogen-bond donors (Lipinski definition) is 0. The molecular weight excluding hydrogens is 340 g/mol. The molecule has 2 aromatic rings. The maximum atomic E-state index is 5.84. The summed E-state index contributed by atoms with van der Waals surface area (Å²) >= 11 is 0. The van der Waals surface area contributed by atoms with Crippen molar-refractivity contribution in [3.05, 3.63) is 59.7 Å². The van der Waals surface area contributed by atoms with Crippen molar-refractivity contribution in [3.63, 3.8) is 0 Å². The van der Waals surface area contributed by atoms with Crippen molar-refractivity contribution in [2.75, 3.05) is 13.2 Å². The van der Waals surface area contributed by atoms with Crippen LogP contribution in [0.15, 0.2) is 48.5 Å². The van der Waals surface area contributed by atoms with Gasteiger partial charge in [0, 0.05) is 26.1 Å². The van der Waals surface area contributed by atoms with E-state index >= 15 is 0 Å². The molecule has 0 N–H and O–H groups in total. The lowest BCUT2D eigenvalue weighted by Crippen LogP contribution is -2.19. The fourth-order valence-electron chi connectivity index (χ4n) is 2.75. The average molecular weight is 373 g/mol. The summed E-state index contributed by atoms with van der Waals surface area (Å²) in [5.41, 5.74) is 2.47. The molecule has 0 aliphatic rings. The molecular formula is C23H32O4. The first-order valence-corrected chi connectivity index (χ1v) is 9.92. The van der Waals surface area contributed by atoms with Crippen LogP contribution in [0, 0.1) is 0 Å². The maximum Gasteiger partial charge on any atom is 0.199 e. The van der Waals surface area contributed by atoms with Gasteiger partial charge in [0.2, 0.25) is 0 Å². The zero-order valence-corrected chi connectivity index (χ0v) is 16.9. The van der Waals surface area contributed by atoms with Crippen molar-refractivity contribution in [3.8, 4) is 11.5 Å². The van der Waals surface area contributed by atoms with E-state index in [1.54, 1.807) is 0 Å². The van der Waals surface area contributed by atoms with E-state index in [-0.39, 0.29) is 12.6 Å². The second kappa shape index (κ2) is 11.6. The number of benzene rings is 2. The quantitative estimate of drug-likeness (QED) is 0.456. The van der Waals surface area contributed by atoms with Crippen LogP contribution in [0.3, 0.4) is 0 Å². The first-order valence-electron chi connectivity index (χ1n) is 9.92. The summed E-state index contributed by atoms with van der Waals surface area (Å²) in [5, 5.41) is 0. The first-order chi connectivity index (χ1) is 13.2. The predicted octanol–water partition coefficient (Wildman–Crippen LogP) is 5.58. The molecule has 148 valence electrons. The van der Waals surface area contributed by atoms with Crippen LogP contribution < -0.4 is 9.47 Å². The number of ether oxygens (including phenoxy) is 4. The lowest BCUT2D eigenvalue weighted by Gasteiger charge is -2.17. The summed E-state index contributed by atoms with van der Waals surface area (Å²) in [4.78, 5) is 0. The third-order valence-electron chi connectivity index (χ3n) is 4.16. The molecule has 0 radical (unpaired) electrons. The van der Waals surface area contributed by atoms with Gasteiger partial charge in [-0.2, -0.15) is 0 Å². The SMILES string of the molecule is CCOC(CC)Oc1ccc(Cc2ccc(OC(CC)OCC)cc2)cc1. The van der Waals surface area contributed by atoms with Crippen LogP contribution in [0.2, 0.25) is 0 Å². The van der Waals surface area contributed by atoms with Crippen LogP contribution in [0.25, 0.3) is 0 Å². The molecule has 2 aromatic carbocycles. The van der Waals surface area contributed by atoms with Crippen LogP contribution in [0.1, 0.15) is 51.7 Å². The third-order valence-corrected chi connectivity index (χ3v) is 4.16. The topological polar surface area (TPSA) is 36.9 Å². The highest BCUT2D eigenvalue weighted by Crippen LogP contribution is 2.20. The molecule has 0 bridgehead atoms. The van der Waals surface area contributed by atoms with Gasteiger partial charge in [-0.1, -0.05) is 38.1 Å². The van der Waals surface area contributed by atoms with E-state index in [2.05, 4.69) is 38.1 Å². The van der Waals surface area contributed by atoms with Crippen LogP contribution in [0.5, 0.6) is 11.5 Å². The summed E-state index contributed by atoms with van der Waals surface area (Å²) < 4.78 is 22.8. The van der Waals surface area contributed by atoms with Crippen molar-refractivity contribution in [1.82, 2.24) is 0 Å². The summed E-state index contributed by atoms with van der Waals surface area (Å²) in [7, 11) is 0. The Bertz CT molecular complexity index is 579. The van der Waals surface area contributed by atoms with Crippen molar-refractivity contribution >= 4 is 0 Å². The molecule has 4 nitrogen and oxygen atoms in total. The van der Waals surface area contributed by atoms with E-state index < -0.39 is 0 Å². The molecule has 0 aliphatic carbocycles. The summed E-state index contributed by atoms with van der Waals surface area (Å²) in [6, 6.07) is 16.4. The second-order valence-corrected chi connectivity index (χ2v) is 6.29. The fraction of sp³-hybridized carbons (Fsp3) is 0.478. The number of rotatable bonds is 12. The normalized spacial score (nSPS) is 13.2. The number of hydrogen-bond acceptors (Lipinski definition) is 4. The van der Waals surface area contributed by atoms with Crippen molar-refractivity contribution in [1.29, 1.82) is 0 Å². The highest BCUT2D eigenvalue weighted by atomic mass is 16.7. The Balaban J connectivity index is 1.91. The van der Waals surface area contributed by atoms with Gasteiger partial charge in [0.25, 0.3) is 0 Å². The summed E-state index contributed by atoms with van der Waals surface area (Å²) in [6.45, 7) is 9.37. The van der Waals surface area contributed by atoms with Crippen molar-refractivity contribution in [2.45, 2.75) is 59.5 Å². The van der Waals surface area contributed by atoms with Gasteiger partial charge in [-0.25, -0.2) is 0 Å². The van der Waals surface area contributed by atoms with E-state index in [0.29, 0.717) is 13.2 Å². The molecule has 0 saturated heterocycles. The monoisotopic (exact) mass is 372 g/mol. The Hall–Kier alpha value is -2.04. The molecule has 2 unspecified atom stereocenters. The van der Waals surface area contributed by atoms with Crippen LogP contribution in [-0.2, 0) is 15.9 Å². The molecule has 4 heteroatoms. The first kappa shape index (κ1) is 21.3. The molecule has 27 heavy (non-hydrogen) atoms. The van der Waals surface area contributed by atoms with Gasteiger partial charge in [0.1, 0.15) is 11.5 Å². The van der Waals surface area contributed by atoms with Crippen LogP contribution in [0.4, 0.5) is 0 Å². The standard InChI is InChI=1S/C23H32O4/c1-5-22(24-7-3)26-20-13-9-18(10-14-20)17-19-11-15-21(16-12-19)27-23(6-2)25-8-4/h9-16,22-23H,5-8,17H2,1-4H3. The second-order valence-electron chi connectivity index (χ2n) is 6.29. The van der Waals surface area contributed by atoms with Crippen LogP contribution in [-0.4, -0.2) is 25.8 Å². The minimum atomic E-state index is -0.183. The molecule has 2 atom stereocenters.